The van der Waals surface area contributed by atoms with Gasteiger partial charge in [0.2, 0.25) is 0 Å². The molecule has 0 aliphatic rings. The molecule has 15 heavy (non-hydrogen) atoms. The van der Waals surface area contributed by atoms with Gasteiger partial charge in [-0.2, -0.15) is 0 Å². The average Bonchev–Trinajstić information content (AvgIpc) is 1.99. The van der Waals surface area contributed by atoms with Crippen molar-refractivity contribution in [3.63, 3.8) is 0 Å². The van der Waals surface area contributed by atoms with Gasteiger partial charge in [-0.25, -0.2) is 4.79 Å². The van der Waals surface area contributed by atoms with E-state index in [2.05, 4.69) is 4.74 Å². The first kappa shape index (κ1) is 12.1. The van der Waals surface area contributed by atoms with Gasteiger partial charge < -0.3 is 9.84 Å². The molecule has 0 aliphatic carbocycles. The molecule has 0 saturated carbocycles. The Morgan fingerprint density at radius 2 is 2.00 bits per heavy atom. The van der Waals surface area contributed by atoms with Crippen LogP contribution in [0.25, 0.3) is 0 Å². The summed E-state index contributed by atoms with van der Waals surface area (Å²) in [5.74, 6) is -1.63. The zero-order valence-corrected chi connectivity index (χ0v) is 9.17. The molecule has 0 spiro atoms. The number of benzene rings is 1. The second-order valence-corrected chi connectivity index (χ2v) is 3.66. The lowest BCUT2D eigenvalue weighted by Crippen LogP contribution is -2.17. The first-order valence-electron chi connectivity index (χ1n) is 3.58. The molecule has 0 aliphatic heterocycles. The molecule has 1 rings (SSSR count). The van der Waals surface area contributed by atoms with Crippen molar-refractivity contribution in [3.05, 3.63) is 27.3 Å². The van der Waals surface area contributed by atoms with Crippen LogP contribution in [0.5, 0.6) is 5.75 Å². The largest absolute Gasteiger partial charge is 0.573 e. The fourth-order valence-corrected chi connectivity index (χ4v) is 1.58. The van der Waals surface area contributed by atoms with Gasteiger partial charge in [-0.05, 0) is 40.8 Å². The van der Waals surface area contributed by atoms with Crippen LogP contribution in [0.3, 0.4) is 0 Å². The Hall–Kier alpha value is -0.990. The van der Waals surface area contributed by atoms with E-state index >= 15 is 0 Å². The highest BCUT2D eigenvalue weighted by Gasteiger charge is 2.31. The van der Waals surface area contributed by atoms with Gasteiger partial charge >= 0.3 is 12.3 Å². The van der Waals surface area contributed by atoms with E-state index < -0.39 is 18.1 Å². The van der Waals surface area contributed by atoms with Gasteiger partial charge in [-0.3, -0.25) is 0 Å². The molecule has 1 aromatic carbocycles. The van der Waals surface area contributed by atoms with E-state index in [9.17, 15) is 18.0 Å². The first-order valence-corrected chi connectivity index (χ1v) is 4.66. The molecule has 3 nitrogen and oxygen atoms in total. The SMILES string of the molecule is O=C(O)c1ccc(OC(F)(F)F)cc1I. The molecule has 0 fully saturated rings. The zero-order chi connectivity index (χ0) is 11.6. The number of alkyl halides is 3. The summed E-state index contributed by atoms with van der Waals surface area (Å²) in [6, 6.07) is 3.03. The topological polar surface area (TPSA) is 46.5 Å². The van der Waals surface area contributed by atoms with Crippen molar-refractivity contribution >= 4 is 28.6 Å². The number of aromatic carboxylic acids is 1. The van der Waals surface area contributed by atoms with Gasteiger partial charge in [0, 0.05) is 3.57 Å². The van der Waals surface area contributed by atoms with Crippen LogP contribution in [0.2, 0.25) is 0 Å². The number of carboxylic acids is 1. The van der Waals surface area contributed by atoms with E-state index in [1.54, 1.807) is 22.6 Å². The molecule has 0 aromatic heterocycles. The third-order valence-corrected chi connectivity index (χ3v) is 2.30. The van der Waals surface area contributed by atoms with E-state index in [4.69, 9.17) is 5.11 Å². The minimum atomic E-state index is -4.77. The fourth-order valence-electron chi connectivity index (χ4n) is 0.866. The molecule has 0 atom stereocenters. The van der Waals surface area contributed by atoms with Crippen LogP contribution in [0.1, 0.15) is 10.4 Å². The highest BCUT2D eigenvalue weighted by Crippen LogP contribution is 2.25. The second kappa shape index (κ2) is 4.25. The van der Waals surface area contributed by atoms with Gasteiger partial charge in [-0.1, -0.05) is 0 Å². The molecule has 0 unspecified atom stereocenters. The van der Waals surface area contributed by atoms with Crippen LogP contribution in [-0.4, -0.2) is 17.4 Å². The monoisotopic (exact) mass is 332 g/mol. The molecule has 7 heteroatoms. The highest BCUT2D eigenvalue weighted by molar-refractivity contribution is 14.1. The molecular weight excluding hydrogens is 328 g/mol. The number of hydrogen-bond acceptors (Lipinski definition) is 2. The summed E-state index contributed by atoms with van der Waals surface area (Å²) in [6.07, 6.45) is -4.77. The van der Waals surface area contributed by atoms with E-state index in [1.807, 2.05) is 0 Å². The van der Waals surface area contributed by atoms with E-state index in [0.29, 0.717) is 0 Å². The van der Waals surface area contributed by atoms with Gasteiger partial charge in [0.15, 0.2) is 0 Å². The predicted octanol–water partition coefficient (Wildman–Crippen LogP) is 2.89. The molecular formula is C8H4F3IO3. The van der Waals surface area contributed by atoms with E-state index in [-0.39, 0.29) is 9.13 Å². The maximum Gasteiger partial charge on any atom is 0.573 e. The zero-order valence-electron chi connectivity index (χ0n) is 7.01. The Bertz CT molecular complexity index is 389. The average molecular weight is 332 g/mol. The van der Waals surface area contributed by atoms with Crippen molar-refractivity contribution in [2.45, 2.75) is 6.36 Å². The molecule has 82 valence electrons. The Labute approximate surface area is 96.0 Å². The Kier molecular flexibility index (Phi) is 3.42. The van der Waals surface area contributed by atoms with Gasteiger partial charge in [0.25, 0.3) is 0 Å². The van der Waals surface area contributed by atoms with E-state index in [1.165, 1.54) is 0 Å². The minimum absolute atomic E-state index is 0.0647. The standard InChI is InChI=1S/C8H4F3IO3/c9-8(10,11)15-4-1-2-5(7(13)14)6(12)3-4/h1-3H,(H,13,14). The Balaban J connectivity index is 2.97. The number of hydrogen-bond donors (Lipinski definition) is 1. The summed E-state index contributed by atoms with van der Waals surface area (Å²) in [7, 11) is 0. The summed E-state index contributed by atoms with van der Waals surface area (Å²) in [5, 5.41) is 8.62. The predicted molar refractivity (Wildman–Crippen MR) is 52.8 cm³/mol. The van der Waals surface area contributed by atoms with Crippen molar-refractivity contribution in [1.82, 2.24) is 0 Å². The van der Waals surface area contributed by atoms with Gasteiger partial charge in [-0.15, -0.1) is 13.2 Å². The molecule has 0 saturated heterocycles. The van der Waals surface area contributed by atoms with Crippen LogP contribution < -0.4 is 4.74 Å². The number of carbonyl (C=O) groups is 1. The molecule has 0 heterocycles. The number of ether oxygens (including phenoxy) is 1. The third-order valence-electron chi connectivity index (χ3n) is 1.40. The van der Waals surface area contributed by atoms with Crippen molar-refractivity contribution < 1.29 is 27.8 Å². The second-order valence-electron chi connectivity index (χ2n) is 2.49. The molecule has 0 amide bonds. The van der Waals surface area contributed by atoms with Crippen LogP contribution in [0, 0.1) is 3.57 Å². The summed E-state index contributed by atoms with van der Waals surface area (Å²) < 4.78 is 39.2. The molecule has 1 N–H and O–H groups in total. The van der Waals surface area contributed by atoms with Crippen molar-refractivity contribution in [2.24, 2.45) is 0 Å². The highest BCUT2D eigenvalue weighted by atomic mass is 127. The smallest absolute Gasteiger partial charge is 0.478 e. The maximum atomic E-state index is 11.8. The summed E-state index contributed by atoms with van der Waals surface area (Å²) in [4.78, 5) is 10.6. The lowest BCUT2D eigenvalue weighted by molar-refractivity contribution is -0.274. The fraction of sp³-hybridized carbons (Fsp3) is 0.125. The van der Waals surface area contributed by atoms with E-state index in [0.717, 1.165) is 18.2 Å². The molecule has 1 aromatic rings. The van der Waals surface area contributed by atoms with Crippen molar-refractivity contribution in [3.8, 4) is 5.75 Å². The Morgan fingerprint density at radius 1 is 1.40 bits per heavy atom. The van der Waals surface area contributed by atoms with Crippen LogP contribution in [-0.2, 0) is 0 Å². The molecule has 0 radical (unpaired) electrons. The first-order chi connectivity index (χ1) is 6.79. The molecule has 0 bridgehead atoms. The normalized spacial score (nSPS) is 11.2. The summed E-state index contributed by atoms with van der Waals surface area (Å²) >= 11 is 1.62. The quantitative estimate of drug-likeness (QED) is 0.848. The number of halogens is 4. The minimum Gasteiger partial charge on any atom is -0.478 e. The van der Waals surface area contributed by atoms with Crippen LogP contribution in [0.15, 0.2) is 18.2 Å². The number of carboxylic acid groups (broad SMARTS) is 1. The van der Waals surface area contributed by atoms with Gasteiger partial charge in [0.05, 0.1) is 5.56 Å². The lowest BCUT2D eigenvalue weighted by Gasteiger charge is -2.09. The Morgan fingerprint density at radius 3 is 2.40 bits per heavy atom. The maximum absolute atomic E-state index is 11.8. The van der Waals surface area contributed by atoms with Crippen LogP contribution in [0.4, 0.5) is 13.2 Å². The number of rotatable bonds is 2. The summed E-state index contributed by atoms with van der Waals surface area (Å²) in [5.41, 5.74) is -0.0647. The van der Waals surface area contributed by atoms with Gasteiger partial charge in [0.1, 0.15) is 5.75 Å². The lowest BCUT2D eigenvalue weighted by atomic mass is 10.2. The van der Waals surface area contributed by atoms with Crippen LogP contribution >= 0.6 is 22.6 Å². The third kappa shape index (κ3) is 3.57. The summed E-state index contributed by atoms with van der Waals surface area (Å²) in [6.45, 7) is 0. The van der Waals surface area contributed by atoms with Crippen molar-refractivity contribution in [2.75, 3.05) is 0 Å². The van der Waals surface area contributed by atoms with Crippen molar-refractivity contribution in [1.29, 1.82) is 0 Å².